The number of aliphatic hydroxyl groups excluding tert-OH is 1. The number of aromatic nitrogens is 4. The normalized spacial score (nSPS) is 13.0. The first-order chi connectivity index (χ1) is 7.63. The standard InChI is InChI=1S/C9H12ClN5O/c1-5(4-16)15(2)8-6-3-11-14-7(6)12-9(10)13-8/h3,5,16H,4H2,1-2H3,(H,11,12,13,14). The van der Waals surface area contributed by atoms with Crippen molar-refractivity contribution in [3.05, 3.63) is 11.5 Å². The Labute approximate surface area is 97.3 Å². The van der Waals surface area contributed by atoms with Crippen molar-refractivity contribution in [2.45, 2.75) is 13.0 Å². The van der Waals surface area contributed by atoms with Gasteiger partial charge >= 0.3 is 0 Å². The van der Waals surface area contributed by atoms with Gasteiger partial charge in [-0.15, -0.1) is 0 Å². The number of anilines is 1. The summed E-state index contributed by atoms with van der Waals surface area (Å²) < 4.78 is 0. The molecular formula is C9H12ClN5O. The van der Waals surface area contributed by atoms with Gasteiger partial charge in [0.2, 0.25) is 5.28 Å². The number of hydrogen-bond acceptors (Lipinski definition) is 5. The first-order valence-corrected chi connectivity index (χ1v) is 5.21. The van der Waals surface area contributed by atoms with Gasteiger partial charge < -0.3 is 10.0 Å². The molecular weight excluding hydrogens is 230 g/mol. The zero-order chi connectivity index (χ0) is 11.7. The zero-order valence-corrected chi connectivity index (χ0v) is 9.73. The maximum atomic E-state index is 9.12. The van der Waals surface area contributed by atoms with Crippen LogP contribution in [0.4, 0.5) is 5.82 Å². The van der Waals surface area contributed by atoms with Crippen molar-refractivity contribution in [1.29, 1.82) is 0 Å². The second-order valence-corrected chi connectivity index (χ2v) is 3.93. The second kappa shape index (κ2) is 4.23. The molecule has 0 amide bonds. The predicted molar refractivity (Wildman–Crippen MR) is 61.6 cm³/mol. The zero-order valence-electron chi connectivity index (χ0n) is 8.98. The third-order valence-corrected chi connectivity index (χ3v) is 2.69. The fraction of sp³-hybridized carbons (Fsp3) is 0.444. The Bertz CT molecular complexity index is 500. The molecule has 16 heavy (non-hydrogen) atoms. The summed E-state index contributed by atoms with van der Waals surface area (Å²) in [6.45, 7) is 1.93. The Hall–Kier alpha value is -1.40. The highest BCUT2D eigenvalue weighted by Gasteiger charge is 2.16. The number of hydrogen-bond donors (Lipinski definition) is 2. The van der Waals surface area contributed by atoms with E-state index in [-0.39, 0.29) is 17.9 Å². The van der Waals surface area contributed by atoms with Crippen molar-refractivity contribution in [2.75, 3.05) is 18.6 Å². The molecule has 1 unspecified atom stereocenters. The van der Waals surface area contributed by atoms with E-state index in [1.807, 2.05) is 18.9 Å². The number of aromatic amines is 1. The molecule has 1 atom stereocenters. The van der Waals surface area contributed by atoms with Gasteiger partial charge in [-0.1, -0.05) is 0 Å². The van der Waals surface area contributed by atoms with Crippen LogP contribution in [0.1, 0.15) is 6.92 Å². The van der Waals surface area contributed by atoms with Crippen LogP contribution in [0.25, 0.3) is 11.0 Å². The lowest BCUT2D eigenvalue weighted by Crippen LogP contribution is -2.32. The number of nitrogens with zero attached hydrogens (tertiary/aromatic N) is 4. The Kier molecular flexibility index (Phi) is 2.93. The third kappa shape index (κ3) is 1.81. The van der Waals surface area contributed by atoms with E-state index in [0.29, 0.717) is 11.5 Å². The van der Waals surface area contributed by atoms with Crippen molar-refractivity contribution in [3.8, 4) is 0 Å². The monoisotopic (exact) mass is 241 g/mol. The number of aliphatic hydroxyl groups is 1. The lowest BCUT2D eigenvalue weighted by molar-refractivity contribution is 0.270. The maximum Gasteiger partial charge on any atom is 0.226 e. The summed E-state index contributed by atoms with van der Waals surface area (Å²) in [5, 5.41) is 16.7. The Morgan fingerprint density at radius 1 is 1.56 bits per heavy atom. The number of halogens is 1. The SMILES string of the molecule is CC(CO)N(C)c1nc(Cl)nc2[nH]ncc12. The van der Waals surface area contributed by atoms with Crippen LogP contribution in [0, 0.1) is 0 Å². The summed E-state index contributed by atoms with van der Waals surface area (Å²) in [6, 6.07) is -0.0518. The molecule has 86 valence electrons. The first kappa shape index (κ1) is 11.1. The van der Waals surface area contributed by atoms with Crippen molar-refractivity contribution >= 4 is 28.5 Å². The molecule has 0 radical (unpaired) electrons. The summed E-state index contributed by atoms with van der Waals surface area (Å²) in [4.78, 5) is 10.0. The van der Waals surface area contributed by atoms with E-state index >= 15 is 0 Å². The Morgan fingerprint density at radius 3 is 3.00 bits per heavy atom. The minimum atomic E-state index is -0.0518. The fourth-order valence-electron chi connectivity index (χ4n) is 1.39. The van der Waals surface area contributed by atoms with E-state index in [1.54, 1.807) is 6.20 Å². The lowest BCUT2D eigenvalue weighted by atomic mass is 10.3. The molecule has 0 spiro atoms. The van der Waals surface area contributed by atoms with Crippen molar-refractivity contribution in [2.24, 2.45) is 0 Å². The van der Waals surface area contributed by atoms with Gasteiger partial charge in [-0.2, -0.15) is 15.1 Å². The highest BCUT2D eigenvalue weighted by molar-refractivity contribution is 6.28. The average molecular weight is 242 g/mol. The molecule has 2 N–H and O–H groups in total. The molecule has 0 bridgehead atoms. The third-order valence-electron chi connectivity index (χ3n) is 2.52. The van der Waals surface area contributed by atoms with E-state index in [2.05, 4.69) is 20.2 Å². The van der Waals surface area contributed by atoms with Crippen molar-refractivity contribution < 1.29 is 5.11 Å². The number of fused-ring (bicyclic) bond motifs is 1. The van der Waals surface area contributed by atoms with E-state index in [1.165, 1.54) is 0 Å². The van der Waals surface area contributed by atoms with Crippen LogP contribution in [-0.2, 0) is 0 Å². The van der Waals surface area contributed by atoms with Crippen molar-refractivity contribution in [3.63, 3.8) is 0 Å². The molecule has 2 aromatic rings. The molecule has 2 rings (SSSR count). The summed E-state index contributed by atoms with van der Waals surface area (Å²) in [5.41, 5.74) is 0.590. The first-order valence-electron chi connectivity index (χ1n) is 4.83. The minimum Gasteiger partial charge on any atom is -0.394 e. The van der Waals surface area contributed by atoms with E-state index in [4.69, 9.17) is 16.7 Å². The largest absolute Gasteiger partial charge is 0.394 e. The molecule has 2 heterocycles. The van der Waals surface area contributed by atoms with E-state index in [9.17, 15) is 0 Å². The Morgan fingerprint density at radius 2 is 2.31 bits per heavy atom. The smallest absolute Gasteiger partial charge is 0.226 e. The highest BCUT2D eigenvalue weighted by atomic mass is 35.5. The lowest BCUT2D eigenvalue weighted by Gasteiger charge is -2.24. The fourth-order valence-corrected chi connectivity index (χ4v) is 1.56. The number of likely N-dealkylation sites (N-methyl/N-ethyl adjacent to an activating group) is 1. The van der Waals surface area contributed by atoms with Crippen LogP contribution in [-0.4, -0.2) is 45.0 Å². The van der Waals surface area contributed by atoms with Gasteiger partial charge in [0.05, 0.1) is 24.2 Å². The average Bonchev–Trinajstić information content (AvgIpc) is 2.73. The summed E-state index contributed by atoms with van der Waals surface area (Å²) in [7, 11) is 1.84. The van der Waals surface area contributed by atoms with Gasteiger partial charge in [-0.3, -0.25) is 5.10 Å². The summed E-state index contributed by atoms with van der Waals surface area (Å²) >= 11 is 5.81. The van der Waals surface area contributed by atoms with Crippen LogP contribution in [0.15, 0.2) is 6.20 Å². The second-order valence-electron chi connectivity index (χ2n) is 3.59. The van der Waals surface area contributed by atoms with Crippen LogP contribution in [0.2, 0.25) is 5.28 Å². The van der Waals surface area contributed by atoms with Crippen LogP contribution >= 0.6 is 11.6 Å². The maximum absolute atomic E-state index is 9.12. The van der Waals surface area contributed by atoms with Crippen LogP contribution in [0.5, 0.6) is 0 Å². The summed E-state index contributed by atoms with van der Waals surface area (Å²) in [5.74, 6) is 0.658. The van der Waals surface area contributed by atoms with Crippen LogP contribution < -0.4 is 4.90 Å². The predicted octanol–water partition coefficient (Wildman–Crippen LogP) is 0.823. The number of rotatable bonds is 3. The van der Waals surface area contributed by atoms with Gasteiger partial charge in [0.1, 0.15) is 5.82 Å². The molecule has 0 aliphatic carbocycles. The van der Waals surface area contributed by atoms with E-state index in [0.717, 1.165) is 5.39 Å². The number of nitrogens with one attached hydrogen (secondary N) is 1. The molecule has 6 nitrogen and oxygen atoms in total. The topological polar surface area (TPSA) is 77.9 Å². The molecule has 0 aliphatic heterocycles. The minimum absolute atomic E-state index is 0.0392. The molecule has 0 saturated carbocycles. The molecule has 0 fully saturated rings. The van der Waals surface area contributed by atoms with Gasteiger partial charge in [-0.25, -0.2) is 0 Å². The van der Waals surface area contributed by atoms with E-state index < -0.39 is 0 Å². The summed E-state index contributed by atoms with van der Waals surface area (Å²) in [6.07, 6.45) is 1.64. The van der Waals surface area contributed by atoms with Gasteiger partial charge in [-0.05, 0) is 18.5 Å². The highest BCUT2D eigenvalue weighted by Crippen LogP contribution is 2.23. The Balaban J connectivity index is 2.53. The van der Waals surface area contributed by atoms with Crippen LogP contribution in [0.3, 0.4) is 0 Å². The van der Waals surface area contributed by atoms with Crippen molar-refractivity contribution in [1.82, 2.24) is 20.2 Å². The van der Waals surface area contributed by atoms with Gasteiger partial charge in [0.25, 0.3) is 0 Å². The molecule has 0 aliphatic rings. The molecule has 0 aromatic carbocycles. The van der Waals surface area contributed by atoms with Gasteiger partial charge in [0, 0.05) is 7.05 Å². The van der Waals surface area contributed by atoms with Gasteiger partial charge in [0.15, 0.2) is 5.65 Å². The number of H-pyrrole nitrogens is 1. The molecule has 0 saturated heterocycles. The molecule has 7 heteroatoms. The quantitative estimate of drug-likeness (QED) is 0.778. The molecule has 2 aromatic heterocycles.